The summed E-state index contributed by atoms with van der Waals surface area (Å²) in [4.78, 5) is 23.6. The van der Waals surface area contributed by atoms with Gasteiger partial charge in [-0.05, 0) is 65.8 Å². The maximum absolute atomic E-state index is 15.3. The molecule has 7 nitrogen and oxygen atoms in total. The quantitative estimate of drug-likeness (QED) is 0.414. The van der Waals surface area contributed by atoms with Crippen LogP contribution in [-0.4, -0.2) is 35.6 Å². The molecule has 2 aliphatic rings. The van der Waals surface area contributed by atoms with E-state index < -0.39 is 5.41 Å². The summed E-state index contributed by atoms with van der Waals surface area (Å²) in [5.74, 6) is -0.151. The van der Waals surface area contributed by atoms with Gasteiger partial charge in [-0.15, -0.1) is 0 Å². The molecular weight excluding hydrogens is 481 g/mol. The summed E-state index contributed by atoms with van der Waals surface area (Å²) in [5.41, 5.74) is 3.42. The van der Waals surface area contributed by atoms with Crippen molar-refractivity contribution in [1.29, 1.82) is 5.26 Å². The van der Waals surface area contributed by atoms with E-state index >= 15 is 4.39 Å². The second-order valence-electron chi connectivity index (χ2n) is 10.1. The third kappa shape index (κ3) is 4.25. The van der Waals surface area contributed by atoms with Crippen LogP contribution in [0.25, 0.3) is 21.9 Å². The van der Waals surface area contributed by atoms with E-state index in [1.54, 1.807) is 30.6 Å². The second kappa shape index (κ2) is 9.51. The Hall–Kier alpha value is -4.35. The maximum Gasteiger partial charge on any atom is 0.251 e. The number of nitriles is 1. The molecular formula is C30H26FN5O2. The van der Waals surface area contributed by atoms with Gasteiger partial charge in [0.15, 0.2) is 11.6 Å². The number of fused-ring (bicyclic) bond motifs is 2. The number of rotatable bonds is 5. The zero-order valence-corrected chi connectivity index (χ0v) is 21.0. The van der Waals surface area contributed by atoms with E-state index in [4.69, 9.17) is 4.74 Å². The number of carbonyl (C=O) groups excluding carboxylic acids is 1. The summed E-state index contributed by atoms with van der Waals surface area (Å²) in [6, 6.07) is 17.1. The topological polar surface area (TPSA) is 91.1 Å². The van der Waals surface area contributed by atoms with Gasteiger partial charge in [0.05, 0.1) is 31.5 Å². The van der Waals surface area contributed by atoms with Crippen LogP contribution >= 0.6 is 0 Å². The number of hydrogen-bond donors (Lipinski definition) is 1. The molecule has 4 aromatic rings. The van der Waals surface area contributed by atoms with E-state index in [1.165, 1.54) is 0 Å². The number of anilines is 1. The van der Waals surface area contributed by atoms with Crippen molar-refractivity contribution in [3.05, 3.63) is 89.1 Å². The maximum atomic E-state index is 15.3. The molecule has 0 saturated carbocycles. The average molecular weight is 508 g/mol. The lowest BCUT2D eigenvalue weighted by atomic mass is 9.79. The SMILES string of the molecule is C[C@@]1(C#N)COCc2ccc(C(=O)NCc3cc4cc(-c5ccnc(N6CCC6)c5F)ccc4cn3)cc21. The van der Waals surface area contributed by atoms with E-state index in [9.17, 15) is 10.1 Å². The van der Waals surface area contributed by atoms with Crippen molar-refractivity contribution in [2.45, 2.75) is 31.9 Å². The Bertz CT molecular complexity index is 1610. The van der Waals surface area contributed by atoms with Crippen LogP contribution < -0.4 is 10.2 Å². The Labute approximate surface area is 219 Å². The molecule has 2 aromatic carbocycles. The van der Waals surface area contributed by atoms with Crippen molar-refractivity contribution in [3.8, 4) is 17.2 Å². The number of benzene rings is 2. The third-order valence-electron chi connectivity index (χ3n) is 7.41. The minimum absolute atomic E-state index is 0.234. The first-order valence-corrected chi connectivity index (χ1v) is 12.6. The van der Waals surface area contributed by atoms with Crippen molar-refractivity contribution >= 4 is 22.5 Å². The summed E-state index contributed by atoms with van der Waals surface area (Å²) in [6.07, 6.45) is 4.46. The fourth-order valence-corrected chi connectivity index (χ4v) is 5.02. The standard InChI is InChI=1S/C30H26FN5O2/c1-30(17-32)18-38-16-22-6-4-20(13-26(22)30)29(37)35-15-24-12-23-11-19(3-5-21(23)14-34-24)25-7-8-33-28(27(25)31)36-9-2-10-36/h3-8,11-14H,2,9-10,15-16,18H2,1H3,(H,35,37)/t30-/m1/s1. The fraction of sp³-hybridized carbons (Fsp3) is 0.267. The number of aromatic nitrogens is 2. The zero-order chi connectivity index (χ0) is 26.3. The number of nitrogens with one attached hydrogen (secondary N) is 1. The minimum atomic E-state index is -0.786. The van der Waals surface area contributed by atoms with Gasteiger partial charge in [0.1, 0.15) is 5.41 Å². The van der Waals surface area contributed by atoms with Crippen LogP contribution in [-0.2, 0) is 23.3 Å². The average Bonchev–Trinajstić information content (AvgIpc) is 2.91. The lowest BCUT2D eigenvalue weighted by Crippen LogP contribution is -2.38. The predicted octanol–water partition coefficient (Wildman–Crippen LogP) is 4.89. The number of hydrogen-bond acceptors (Lipinski definition) is 6. The van der Waals surface area contributed by atoms with E-state index in [0.29, 0.717) is 35.9 Å². The van der Waals surface area contributed by atoms with Crippen molar-refractivity contribution in [2.75, 3.05) is 24.6 Å². The number of ether oxygens (including phenoxy) is 1. The van der Waals surface area contributed by atoms with E-state index in [-0.39, 0.29) is 18.3 Å². The van der Waals surface area contributed by atoms with Crippen LogP contribution in [0.15, 0.2) is 60.9 Å². The van der Waals surface area contributed by atoms with E-state index in [0.717, 1.165) is 47.0 Å². The molecule has 6 rings (SSSR count). The molecule has 0 radical (unpaired) electrons. The normalized spacial score (nSPS) is 18.4. The predicted molar refractivity (Wildman–Crippen MR) is 142 cm³/mol. The van der Waals surface area contributed by atoms with Crippen LogP contribution in [0.4, 0.5) is 10.2 Å². The highest BCUT2D eigenvalue weighted by molar-refractivity contribution is 5.94. The molecule has 4 heterocycles. The van der Waals surface area contributed by atoms with Gasteiger partial charge >= 0.3 is 0 Å². The summed E-state index contributed by atoms with van der Waals surface area (Å²) in [7, 11) is 0. The number of amides is 1. The van der Waals surface area contributed by atoms with Gasteiger partial charge in [-0.1, -0.05) is 18.2 Å². The smallest absolute Gasteiger partial charge is 0.251 e. The molecule has 38 heavy (non-hydrogen) atoms. The lowest BCUT2D eigenvalue weighted by molar-refractivity contribution is 0.0757. The Morgan fingerprint density at radius 3 is 2.82 bits per heavy atom. The van der Waals surface area contributed by atoms with Gasteiger partial charge < -0.3 is 15.0 Å². The van der Waals surface area contributed by atoms with Crippen LogP contribution in [0, 0.1) is 17.1 Å². The number of carbonyl (C=O) groups is 1. The van der Waals surface area contributed by atoms with E-state index in [1.807, 2.05) is 42.2 Å². The molecule has 0 bridgehead atoms. The van der Waals surface area contributed by atoms with Gasteiger partial charge in [-0.25, -0.2) is 9.37 Å². The minimum Gasteiger partial charge on any atom is -0.375 e. The zero-order valence-electron chi connectivity index (χ0n) is 21.0. The molecule has 1 atom stereocenters. The summed E-state index contributed by atoms with van der Waals surface area (Å²) in [5, 5.41) is 14.4. The highest BCUT2D eigenvalue weighted by Gasteiger charge is 2.33. The molecule has 1 fully saturated rings. The monoisotopic (exact) mass is 507 g/mol. The molecule has 0 aliphatic carbocycles. The van der Waals surface area contributed by atoms with Gasteiger partial charge in [0.25, 0.3) is 5.91 Å². The lowest BCUT2D eigenvalue weighted by Gasteiger charge is -2.32. The van der Waals surface area contributed by atoms with Gasteiger partial charge in [0, 0.05) is 42.0 Å². The summed E-state index contributed by atoms with van der Waals surface area (Å²) >= 11 is 0. The third-order valence-corrected chi connectivity index (χ3v) is 7.41. The van der Waals surface area contributed by atoms with E-state index in [2.05, 4.69) is 21.4 Å². The summed E-state index contributed by atoms with van der Waals surface area (Å²) in [6.45, 7) is 4.43. The highest BCUT2D eigenvalue weighted by atomic mass is 19.1. The van der Waals surface area contributed by atoms with Crippen molar-refractivity contribution in [2.24, 2.45) is 0 Å². The van der Waals surface area contributed by atoms with Crippen molar-refractivity contribution < 1.29 is 13.9 Å². The number of halogens is 1. The number of pyridine rings is 2. The Morgan fingerprint density at radius 2 is 2.03 bits per heavy atom. The van der Waals surface area contributed by atoms with Crippen LogP contribution in [0.1, 0.15) is 40.5 Å². The van der Waals surface area contributed by atoms with Crippen LogP contribution in [0.5, 0.6) is 0 Å². The largest absolute Gasteiger partial charge is 0.375 e. The van der Waals surface area contributed by atoms with Gasteiger partial charge in [-0.2, -0.15) is 5.26 Å². The first-order chi connectivity index (χ1) is 18.4. The molecule has 0 spiro atoms. The van der Waals surface area contributed by atoms with Crippen molar-refractivity contribution in [3.63, 3.8) is 0 Å². The molecule has 2 aliphatic heterocycles. The molecule has 1 amide bonds. The first kappa shape index (κ1) is 24.0. The second-order valence-corrected chi connectivity index (χ2v) is 10.1. The molecule has 1 N–H and O–H groups in total. The highest BCUT2D eigenvalue weighted by Crippen LogP contribution is 2.33. The Morgan fingerprint density at radius 1 is 1.16 bits per heavy atom. The number of nitrogens with zero attached hydrogens (tertiary/aromatic N) is 4. The molecule has 8 heteroatoms. The Kier molecular flexibility index (Phi) is 6.01. The van der Waals surface area contributed by atoms with Crippen LogP contribution in [0.2, 0.25) is 0 Å². The molecule has 1 saturated heterocycles. The Balaban J connectivity index is 1.22. The van der Waals surface area contributed by atoms with Gasteiger partial charge in [-0.3, -0.25) is 9.78 Å². The molecule has 190 valence electrons. The molecule has 2 aromatic heterocycles. The van der Waals surface area contributed by atoms with Crippen molar-refractivity contribution in [1.82, 2.24) is 15.3 Å². The van der Waals surface area contributed by atoms with Crippen LogP contribution in [0.3, 0.4) is 0 Å². The summed E-state index contributed by atoms with van der Waals surface area (Å²) < 4.78 is 20.8. The fourth-order valence-electron chi connectivity index (χ4n) is 5.02. The first-order valence-electron chi connectivity index (χ1n) is 12.6. The van der Waals surface area contributed by atoms with Gasteiger partial charge in [0.2, 0.25) is 0 Å². The molecule has 0 unspecified atom stereocenters.